The zero-order valence-electron chi connectivity index (χ0n) is 13.1. The number of aromatic nitrogens is 2. The van der Waals surface area contributed by atoms with E-state index in [0.29, 0.717) is 17.6 Å². The number of nitrogens with one attached hydrogen (secondary N) is 1. The monoisotopic (exact) mass is 291 g/mol. The molecule has 0 bridgehead atoms. The van der Waals surface area contributed by atoms with Crippen LogP contribution in [0.5, 0.6) is 0 Å². The highest BCUT2D eigenvalue weighted by Crippen LogP contribution is 2.29. The molecule has 21 heavy (non-hydrogen) atoms. The van der Waals surface area contributed by atoms with E-state index in [0.717, 1.165) is 18.8 Å². The van der Waals surface area contributed by atoms with Crippen molar-refractivity contribution in [3.05, 3.63) is 17.7 Å². The molecule has 1 aliphatic rings. The predicted octanol–water partition coefficient (Wildman–Crippen LogP) is 3.68. The Labute approximate surface area is 126 Å². The molecule has 2 unspecified atom stereocenters. The number of carboxylic acid groups (broad SMARTS) is 1. The third-order valence-corrected chi connectivity index (χ3v) is 4.25. The second kappa shape index (κ2) is 6.87. The Kier molecular flexibility index (Phi) is 5.15. The summed E-state index contributed by atoms with van der Waals surface area (Å²) in [6.07, 6.45) is 7.48. The van der Waals surface area contributed by atoms with Crippen molar-refractivity contribution in [1.29, 1.82) is 0 Å². The number of rotatable bonds is 5. The quantitative estimate of drug-likeness (QED) is 0.865. The van der Waals surface area contributed by atoms with Crippen LogP contribution < -0.4 is 5.32 Å². The van der Waals surface area contributed by atoms with Gasteiger partial charge in [0.05, 0.1) is 11.9 Å². The molecule has 0 aliphatic heterocycles. The Morgan fingerprint density at radius 2 is 2.24 bits per heavy atom. The number of carboxylic acids is 1. The van der Waals surface area contributed by atoms with E-state index in [9.17, 15) is 9.90 Å². The van der Waals surface area contributed by atoms with Gasteiger partial charge in [0.25, 0.3) is 0 Å². The summed E-state index contributed by atoms with van der Waals surface area (Å²) in [7, 11) is 0. The molecule has 1 heterocycles. The van der Waals surface area contributed by atoms with Gasteiger partial charge in [0.15, 0.2) is 5.69 Å². The van der Waals surface area contributed by atoms with E-state index < -0.39 is 5.97 Å². The maximum absolute atomic E-state index is 11.4. The van der Waals surface area contributed by atoms with Crippen molar-refractivity contribution in [3.63, 3.8) is 0 Å². The van der Waals surface area contributed by atoms with Crippen LogP contribution in [0.3, 0.4) is 0 Å². The van der Waals surface area contributed by atoms with Gasteiger partial charge in [-0.1, -0.05) is 40.0 Å². The molecule has 2 atom stereocenters. The molecule has 0 spiro atoms. The summed E-state index contributed by atoms with van der Waals surface area (Å²) < 4.78 is 0. The van der Waals surface area contributed by atoms with E-state index in [4.69, 9.17) is 0 Å². The van der Waals surface area contributed by atoms with Crippen molar-refractivity contribution in [3.8, 4) is 0 Å². The van der Waals surface area contributed by atoms with E-state index in [1.807, 2.05) is 13.8 Å². The lowest BCUT2D eigenvalue weighted by atomic mass is 9.84. The standard InChI is InChI=1S/C16H25N3O2/c1-4-11-6-5-7-12(8-11)18-13-9-17-15(10(2)3)19-14(13)16(20)21/h9-12,18H,4-8H2,1-3H3,(H,20,21). The average Bonchev–Trinajstić information content (AvgIpc) is 2.47. The fraction of sp³-hybridized carbons (Fsp3) is 0.688. The molecule has 2 N–H and O–H groups in total. The first-order valence-corrected chi connectivity index (χ1v) is 7.88. The van der Waals surface area contributed by atoms with Gasteiger partial charge < -0.3 is 10.4 Å². The van der Waals surface area contributed by atoms with Crippen LogP contribution in [0, 0.1) is 5.92 Å². The first-order chi connectivity index (χ1) is 10.0. The van der Waals surface area contributed by atoms with Crippen molar-refractivity contribution >= 4 is 11.7 Å². The van der Waals surface area contributed by atoms with Crippen LogP contribution >= 0.6 is 0 Å². The minimum atomic E-state index is -0.996. The molecule has 1 aromatic rings. The van der Waals surface area contributed by atoms with Gasteiger partial charge in [0, 0.05) is 12.0 Å². The number of hydrogen-bond donors (Lipinski definition) is 2. The molecule has 0 aromatic carbocycles. The Bertz CT molecular complexity index is 502. The largest absolute Gasteiger partial charge is 0.476 e. The lowest BCUT2D eigenvalue weighted by Gasteiger charge is -2.30. The fourth-order valence-electron chi connectivity index (χ4n) is 2.96. The van der Waals surface area contributed by atoms with E-state index in [1.165, 1.54) is 19.3 Å². The Morgan fingerprint density at radius 3 is 2.86 bits per heavy atom. The average molecular weight is 291 g/mol. The number of anilines is 1. The third-order valence-electron chi connectivity index (χ3n) is 4.25. The van der Waals surface area contributed by atoms with Gasteiger partial charge in [-0.05, 0) is 18.8 Å². The highest BCUT2D eigenvalue weighted by Gasteiger charge is 2.23. The summed E-state index contributed by atoms with van der Waals surface area (Å²) in [5.74, 6) is 0.439. The van der Waals surface area contributed by atoms with Crippen LogP contribution in [0.2, 0.25) is 0 Å². The molecule has 1 saturated carbocycles. The molecule has 2 rings (SSSR count). The van der Waals surface area contributed by atoms with Gasteiger partial charge in [0.2, 0.25) is 0 Å². The normalized spacial score (nSPS) is 22.3. The first kappa shape index (κ1) is 15.7. The zero-order chi connectivity index (χ0) is 15.4. The summed E-state index contributed by atoms with van der Waals surface area (Å²) >= 11 is 0. The fourth-order valence-corrected chi connectivity index (χ4v) is 2.96. The van der Waals surface area contributed by atoms with Crippen molar-refractivity contribution in [2.75, 3.05) is 5.32 Å². The van der Waals surface area contributed by atoms with Crippen LogP contribution in [0.1, 0.15) is 75.1 Å². The van der Waals surface area contributed by atoms with Crippen LogP contribution in [0.4, 0.5) is 5.69 Å². The van der Waals surface area contributed by atoms with Gasteiger partial charge in [0.1, 0.15) is 5.82 Å². The molecule has 0 radical (unpaired) electrons. The summed E-state index contributed by atoms with van der Waals surface area (Å²) in [5, 5.41) is 12.7. The summed E-state index contributed by atoms with van der Waals surface area (Å²) in [6.45, 7) is 6.14. The Hall–Kier alpha value is -1.65. The maximum Gasteiger partial charge on any atom is 0.356 e. The molecule has 116 valence electrons. The van der Waals surface area contributed by atoms with E-state index in [-0.39, 0.29) is 11.6 Å². The number of nitrogens with zero attached hydrogens (tertiary/aromatic N) is 2. The van der Waals surface area contributed by atoms with E-state index >= 15 is 0 Å². The second-order valence-electron chi connectivity index (χ2n) is 6.23. The SMILES string of the molecule is CCC1CCCC(Nc2cnc(C(C)C)nc2C(=O)O)C1. The van der Waals surface area contributed by atoms with E-state index in [2.05, 4.69) is 22.2 Å². The molecule has 5 nitrogen and oxygen atoms in total. The molecule has 1 fully saturated rings. The summed E-state index contributed by atoms with van der Waals surface area (Å²) in [6, 6.07) is 0.329. The molecular formula is C16H25N3O2. The molecule has 1 aliphatic carbocycles. The highest BCUT2D eigenvalue weighted by atomic mass is 16.4. The van der Waals surface area contributed by atoms with Gasteiger partial charge in [-0.15, -0.1) is 0 Å². The lowest BCUT2D eigenvalue weighted by molar-refractivity contribution is 0.0691. The second-order valence-corrected chi connectivity index (χ2v) is 6.23. The molecule has 1 aromatic heterocycles. The Balaban J connectivity index is 2.17. The van der Waals surface area contributed by atoms with Crippen LogP contribution in [-0.2, 0) is 0 Å². The van der Waals surface area contributed by atoms with Gasteiger partial charge in [-0.25, -0.2) is 14.8 Å². The maximum atomic E-state index is 11.4. The van der Waals surface area contributed by atoms with Crippen LogP contribution in [0.25, 0.3) is 0 Å². The van der Waals surface area contributed by atoms with Crippen molar-refractivity contribution < 1.29 is 9.90 Å². The predicted molar refractivity (Wildman–Crippen MR) is 82.7 cm³/mol. The number of hydrogen-bond acceptors (Lipinski definition) is 4. The van der Waals surface area contributed by atoms with Crippen molar-refractivity contribution in [1.82, 2.24) is 9.97 Å². The van der Waals surface area contributed by atoms with Crippen molar-refractivity contribution in [2.24, 2.45) is 5.92 Å². The first-order valence-electron chi connectivity index (χ1n) is 7.88. The number of carbonyl (C=O) groups is 1. The summed E-state index contributed by atoms with van der Waals surface area (Å²) in [4.78, 5) is 19.9. The van der Waals surface area contributed by atoms with Crippen LogP contribution in [-0.4, -0.2) is 27.1 Å². The molecule has 0 saturated heterocycles. The van der Waals surface area contributed by atoms with E-state index in [1.54, 1.807) is 6.20 Å². The zero-order valence-corrected chi connectivity index (χ0v) is 13.1. The van der Waals surface area contributed by atoms with Gasteiger partial charge in [-0.2, -0.15) is 0 Å². The smallest absolute Gasteiger partial charge is 0.356 e. The van der Waals surface area contributed by atoms with Crippen molar-refractivity contribution in [2.45, 2.75) is 64.8 Å². The topological polar surface area (TPSA) is 75.1 Å². The van der Waals surface area contributed by atoms with Crippen LogP contribution in [0.15, 0.2) is 6.20 Å². The minimum absolute atomic E-state index is 0.0901. The molecule has 5 heteroatoms. The summed E-state index contributed by atoms with van der Waals surface area (Å²) in [5.41, 5.74) is 0.640. The number of aromatic carboxylic acids is 1. The van der Waals surface area contributed by atoms with Gasteiger partial charge >= 0.3 is 5.97 Å². The third kappa shape index (κ3) is 3.93. The van der Waals surface area contributed by atoms with Gasteiger partial charge in [-0.3, -0.25) is 0 Å². The minimum Gasteiger partial charge on any atom is -0.476 e. The Morgan fingerprint density at radius 1 is 1.48 bits per heavy atom. The highest BCUT2D eigenvalue weighted by molar-refractivity contribution is 5.91. The molecular weight excluding hydrogens is 266 g/mol. The lowest BCUT2D eigenvalue weighted by Crippen LogP contribution is -2.28. The molecule has 0 amide bonds.